The van der Waals surface area contributed by atoms with Gasteiger partial charge < -0.3 is 4.74 Å². The smallest absolute Gasteiger partial charge is 0.265 e. The lowest BCUT2D eigenvalue weighted by atomic mass is 10.2. The Bertz CT molecular complexity index is 479. The lowest BCUT2D eigenvalue weighted by Crippen LogP contribution is -2.35. The second kappa shape index (κ2) is 8.95. The Balaban J connectivity index is 2.44. The molecule has 0 atom stereocenters. The molecule has 0 heterocycles. The van der Waals surface area contributed by atoms with Gasteiger partial charge in [-0.15, -0.1) is 0 Å². The minimum Gasteiger partial charge on any atom is -0.492 e. The number of nitrogens with one attached hydrogen (secondary N) is 1. The number of nitrogens with two attached hydrogens (primary N) is 1. The maximum absolute atomic E-state index is 11.3. The number of ether oxygens (including phenoxy) is 1. The molecule has 0 aromatic heterocycles. The van der Waals surface area contributed by atoms with Crippen LogP contribution in [0.1, 0.15) is 30.6 Å². The highest BCUT2D eigenvalue weighted by atomic mass is 16.5. The fourth-order valence-electron chi connectivity index (χ4n) is 1.89. The second-order valence-corrected chi connectivity index (χ2v) is 4.88. The molecular weight excluding hydrogens is 268 g/mol. The van der Waals surface area contributed by atoms with E-state index in [1.165, 1.54) is 0 Å². The first-order valence-corrected chi connectivity index (χ1v) is 6.93. The highest BCUT2D eigenvalue weighted by Crippen LogP contribution is 2.12. The first-order chi connectivity index (χ1) is 10.1. The molecule has 6 heteroatoms. The van der Waals surface area contributed by atoms with Crippen molar-refractivity contribution in [1.82, 2.24) is 10.3 Å². The zero-order valence-corrected chi connectivity index (χ0v) is 12.5. The predicted molar refractivity (Wildman–Crippen MR) is 80.5 cm³/mol. The Morgan fingerprint density at radius 2 is 2.05 bits per heavy atom. The van der Waals surface area contributed by atoms with E-state index in [0.717, 1.165) is 13.1 Å². The highest BCUT2D eigenvalue weighted by Gasteiger charge is 2.09. The SMILES string of the molecule is CC(C)N(CCC#N)CCOc1ccc(C(=O)NN)cc1. The summed E-state index contributed by atoms with van der Waals surface area (Å²) in [6.45, 7) is 6.22. The number of nitrogen functional groups attached to an aromatic ring is 1. The zero-order chi connectivity index (χ0) is 15.7. The molecule has 1 aromatic carbocycles. The van der Waals surface area contributed by atoms with E-state index >= 15 is 0 Å². The molecule has 0 bridgehead atoms. The van der Waals surface area contributed by atoms with Crippen LogP contribution in [0.15, 0.2) is 24.3 Å². The molecule has 1 aromatic rings. The summed E-state index contributed by atoms with van der Waals surface area (Å²) in [5, 5.41) is 8.64. The Morgan fingerprint density at radius 3 is 2.57 bits per heavy atom. The van der Waals surface area contributed by atoms with Crippen molar-refractivity contribution in [3.63, 3.8) is 0 Å². The Kier molecular flexibility index (Phi) is 7.23. The van der Waals surface area contributed by atoms with E-state index in [1.807, 2.05) is 0 Å². The Labute approximate surface area is 125 Å². The van der Waals surface area contributed by atoms with Crippen LogP contribution in [0, 0.1) is 11.3 Å². The molecule has 6 nitrogen and oxygen atoms in total. The van der Waals surface area contributed by atoms with Gasteiger partial charge >= 0.3 is 0 Å². The normalized spacial score (nSPS) is 10.5. The number of nitriles is 1. The van der Waals surface area contributed by atoms with Gasteiger partial charge in [0.15, 0.2) is 0 Å². The molecule has 0 aliphatic rings. The summed E-state index contributed by atoms with van der Waals surface area (Å²) in [6, 6.07) is 9.32. The number of benzene rings is 1. The standard InChI is InChI=1S/C15H22N4O2/c1-12(2)19(9-3-8-16)10-11-21-14-6-4-13(5-7-14)15(20)18-17/h4-7,12H,3,9-11,17H2,1-2H3,(H,18,20). The van der Waals surface area contributed by atoms with Crippen LogP contribution in [-0.2, 0) is 0 Å². The van der Waals surface area contributed by atoms with Gasteiger partial charge in [0.05, 0.1) is 6.07 Å². The average Bonchev–Trinajstić information content (AvgIpc) is 2.50. The molecule has 1 rings (SSSR count). The number of hydrogen-bond acceptors (Lipinski definition) is 5. The monoisotopic (exact) mass is 290 g/mol. The summed E-state index contributed by atoms with van der Waals surface area (Å²) in [5.74, 6) is 5.44. The molecule has 0 saturated heterocycles. The van der Waals surface area contributed by atoms with Crippen LogP contribution in [-0.4, -0.2) is 36.5 Å². The van der Waals surface area contributed by atoms with Crippen molar-refractivity contribution in [3.05, 3.63) is 29.8 Å². The third-order valence-corrected chi connectivity index (χ3v) is 3.14. The van der Waals surface area contributed by atoms with Gasteiger partial charge in [-0.05, 0) is 38.1 Å². The molecule has 0 spiro atoms. The van der Waals surface area contributed by atoms with Crippen molar-refractivity contribution in [3.8, 4) is 11.8 Å². The Hall–Kier alpha value is -2.10. The van der Waals surface area contributed by atoms with Gasteiger partial charge in [0.25, 0.3) is 5.91 Å². The highest BCUT2D eigenvalue weighted by molar-refractivity contribution is 5.93. The second-order valence-electron chi connectivity index (χ2n) is 4.88. The molecule has 0 fully saturated rings. The third kappa shape index (κ3) is 5.81. The van der Waals surface area contributed by atoms with Crippen LogP contribution in [0.3, 0.4) is 0 Å². The van der Waals surface area contributed by atoms with Crippen molar-refractivity contribution in [2.75, 3.05) is 19.7 Å². The van der Waals surface area contributed by atoms with E-state index in [9.17, 15) is 4.79 Å². The lowest BCUT2D eigenvalue weighted by molar-refractivity contribution is 0.0953. The number of amides is 1. The quantitative estimate of drug-likeness (QED) is 0.428. The van der Waals surface area contributed by atoms with Crippen molar-refractivity contribution >= 4 is 5.91 Å². The number of carbonyl (C=O) groups excluding carboxylic acids is 1. The Morgan fingerprint density at radius 1 is 1.38 bits per heavy atom. The summed E-state index contributed by atoms with van der Waals surface area (Å²) < 4.78 is 5.65. The summed E-state index contributed by atoms with van der Waals surface area (Å²) in [5.41, 5.74) is 2.57. The zero-order valence-electron chi connectivity index (χ0n) is 12.5. The maximum Gasteiger partial charge on any atom is 0.265 e. The molecule has 1 amide bonds. The van der Waals surface area contributed by atoms with E-state index in [2.05, 4.69) is 30.2 Å². The topological polar surface area (TPSA) is 91.4 Å². The van der Waals surface area contributed by atoms with Gasteiger partial charge in [0.1, 0.15) is 12.4 Å². The van der Waals surface area contributed by atoms with Crippen LogP contribution < -0.4 is 16.0 Å². The molecule has 21 heavy (non-hydrogen) atoms. The van der Waals surface area contributed by atoms with Crippen molar-refractivity contribution in [2.24, 2.45) is 5.84 Å². The number of hydrogen-bond donors (Lipinski definition) is 2. The lowest BCUT2D eigenvalue weighted by Gasteiger charge is -2.25. The van der Waals surface area contributed by atoms with Gasteiger partial charge in [-0.2, -0.15) is 5.26 Å². The molecule has 0 saturated carbocycles. The molecule has 0 unspecified atom stereocenters. The van der Waals surface area contributed by atoms with E-state index < -0.39 is 0 Å². The minimum atomic E-state index is -0.330. The van der Waals surface area contributed by atoms with E-state index in [0.29, 0.717) is 30.4 Å². The van der Waals surface area contributed by atoms with Gasteiger partial charge in [-0.1, -0.05) is 0 Å². The van der Waals surface area contributed by atoms with Crippen LogP contribution in [0.4, 0.5) is 0 Å². The number of hydrazine groups is 1. The summed E-state index contributed by atoms with van der Waals surface area (Å²) in [7, 11) is 0. The third-order valence-electron chi connectivity index (χ3n) is 3.14. The largest absolute Gasteiger partial charge is 0.492 e. The van der Waals surface area contributed by atoms with E-state index in [4.69, 9.17) is 15.8 Å². The molecule has 3 N–H and O–H groups in total. The van der Waals surface area contributed by atoms with E-state index in [-0.39, 0.29) is 5.91 Å². The number of carbonyl (C=O) groups is 1. The van der Waals surface area contributed by atoms with Crippen LogP contribution >= 0.6 is 0 Å². The van der Waals surface area contributed by atoms with Crippen LogP contribution in [0.5, 0.6) is 5.75 Å². The van der Waals surface area contributed by atoms with E-state index in [1.54, 1.807) is 24.3 Å². The van der Waals surface area contributed by atoms with Crippen molar-refractivity contribution in [1.29, 1.82) is 5.26 Å². The first kappa shape index (κ1) is 17.0. The van der Waals surface area contributed by atoms with Gasteiger partial charge in [0.2, 0.25) is 0 Å². The first-order valence-electron chi connectivity index (χ1n) is 6.93. The van der Waals surface area contributed by atoms with Crippen LogP contribution in [0.2, 0.25) is 0 Å². The summed E-state index contributed by atoms with van der Waals surface area (Å²) >= 11 is 0. The van der Waals surface area contributed by atoms with Gasteiger partial charge in [-0.3, -0.25) is 15.1 Å². The molecular formula is C15H22N4O2. The molecule has 0 radical (unpaired) electrons. The van der Waals surface area contributed by atoms with Crippen molar-refractivity contribution < 1.29 is 9.53 Å². The van der Waals surface area contributed by atoms with Gasteiger partial charge in [0, 0.05) is 31.1 Å². The average molecular weight is 290 g/mol. The summed E-state index contributed by atoms with van der Waals surface area (Å²) in [6.07, 6.45) is 0.515. The number of nitrogens with zero attached hydrogens (tertiary/aromatic N) is 2. The maximum atomic E-state index is 11.3. The molecule has 0 aliphatic heterocycles. The fraction of sp³-hybridized carbons (Fsp3) is 0.467. The number of rotatable bonds is 8. The van der Waals surface area contributed by atoms with Crippen LogP contribution in [0.25, 0.3) is 0 Å². The molecule has 0 aliphatic carbocycles. The summed E-state index contributed by atoms with van der Waals surface area (Å²) in [4.78, 5) is 13.5. The minimum absolute atomic E-state index is 0.330. The molecule has 114 valence electrons. The predicted octanol–water partition coefficient (Wildman–Crippen LogP) is 1.29. The fourth-order valence-corrected chi connectivity index (χ4v) is 1.89. The van der Waals surface area contributed by atoms with Crippen molar-refractivity contribution in [2.45, 2.75) is 26.3 Å². The van der Waals surface area contributed by atoms with Gasteiger partial charge in [-0.25, -0.2) is 5.84 Å².